The number of thiophene rings is 1. The first-order valence-corrected chi connectivity index (χ1v) is 13.8. The van der Waals surface area contributed by atoms with Gasteiger partial charge >= 0.3 is 0 Å². The second-order valence-electron chi connectivity index (χ2n) is 10.9. The molecule has 0 saturated heterocycles. The molecule has 0 spiro atoms. The third kappa shape index (κ3) is 4.20. The molecule has 0 bridgehead atoms. The molecular weight excluding hydrogens is 458 g/mol. The molecule has 2 heterocycles. The third-order valence-corrected chi connectivity index (χ3v) is 9.30. The smallest absolute Gasteiger partial charge is 0.238 e. The third-order valence-electron chi connectivity index (χ3n) is 7.75. The van der Waals surface area contributed by atoms with E-state index in [0.29, 0.717) is 5.89 Å². The maximum atomic E-state index is 6.69. The van der Waals surface area contributed by atoms with Crippen LogP contribution in [0.2, 0.25) is 0 Å². The highest BCUT2D eigenvalue weighted by atomic mass is 32.1. The van der Waals surface area contributed by atoms with Crippen molar-refractivity contribution in [3.05, 3.63) is 89.3 Å². The summed E-state index contributed by atoms with van der Waals surface area (Å²) in [6, 6.07) is 27.9. The van der Waals surface area contributed by atoms with Crippen molar-refractivity contribution in [2.45, 2.75) is 65.2 Å². The molecule has 0 aliphatic heterocycles. The first-order chi connectivity index (χ1) is 17.3. The molecule has 0 fully saturated rings. The van der Waals surface area contributed by atoms with E-state index in [2.05, 4.69) is 120 Å². The van der Waals surface area contributed by atoms with Crippen LogP contribution >= 0.6 is 11.3 Å². The second-order valence-corrected chi connectivity index (χ2v) is 11.9. The second kappa shape index (κ2) is 9.37. The van der Waals surface area contributed by atoms with Gasteiger partial charge in [0, 0.05) is 21.6 Å². The van der Waals surface area contributed by atoms with E-state index in [1.165, 1.54) is 32.7 Å². The normalized spacial score (nSPS) is 12.4. The molecule has 0 unspecified atom stereocenters. The van der Waals surface area contributed by atoms with Crippen molar-refractivity contribution in [2.24, 2.45) is 0 Å². The van der Waals surface area contributed by atoms with Crippen LogP contribution in [0.3, 0.4) is 0 Å². The molecule has 184 valence electrons. The molecule has 3 heteroatoms. The monoisotopic (exact) mass is 493 g/mol. The molecule has 5 rings (SSSR count). The number of rotatable bonds is 7. The molecule has 2 aromatic heterocycles. The van der Waals surface area contributed by atoms with Gasteiger partial charge in [-0.25, -0.2) is 4.98 Å². The van der Waals surface area contributed by atoms with Gasteiger partial charge in [0.15, 0.2) is 5.58 Å². The summed E-state index contributed by atoms with van der Waals surface area (Å²) in [5.41, 5.74) is 8.01. The van der Waals surface area contributed by atoms with Gasteiger partial charge in [-0.1, -0.05) is 114 Å². The summed E-state index contributed by atoms with van der Waals surface area (Å²) in [6.07, 6.45) is 2.08. The van der Waals surface area contributed by atoms with Crippen LogP contribution in [-0.4, -0.2) is 4.98 Å². The predicted molar refractivity (Wildman–Crippen MR) is 155 cm³/mol. The lowest BCUT2D eigenvalue weighted by Gasteiger charge is -2.24. The summed E-state index contributed by atoms with van der Waals surface area (Å²) >= 11 is 1.84. The van der Waals surface area contributed by atoms with E-state index >= 15 is 0 Å². The first-order valence-electron chi connectivity index (χ1n) is 13.0. The van der Waals surface area contributed by atoms with Gasteiger partial charge in [-0.3, -0.25) is 0 Å². The number of aromatic nitrogens is 1. The Bertz CT molecular complexity index is 1490. The molecule has 5 aromatic rings. The average molecular weight is 494 g/mol. The standard InChI is InChI=1S/C33H35NOS/c1-7-32(3,4)24-20-15-21-25-28(24)35-31(34-25)29-26(22-16-11-9-12-17-22)27(23-18-13-10-14-19-23)30(36-29)33(5,6)8-2/h9-21H,7-8H2,1-6H3. The van der Waals surface area contributed by atoms with E-state index in [9.17, 15) is 0 Å². The maximum Gasteiger partial charge on any atom is 0.238 e. The lowest BCUT2D eigenvalue weighted by molar-refractivity contribution is 0.497. The Hall–Kier alpha value is -3.17. The van der Waals surface area contributed by atoms with E-state index in [0.717, 1.165) is 28.8 Å². The minimum atomic E-state index is 0.0125. The van der Waals surface area contributed by atoms with E-state index < -0.39 is 0 Å². The fraction of sp³-hybridized carbons (Fsp3) is 0.303. The highest BCUT2D eigenvalue weighted by Crippen LogP contribution is 2.52. The number of nitrogens with zero attached hydrogens (tertiary/aromatic N) is 1. The summed E-state index contributed by atoms with van der Waals surface area (Å²) in [5, 5.41) is 0. The van der Waals surface area contributed by atoms with E-state index in [-0.39, 0.29) is 10.8 Å². The Balaban J connectivity index is 1.86. The molecule has 0 atom stereocenters. The van der Waals surface area contributed by atoms with Gasteiger partial charge in [-0.15, -0.1) is 11.3 Å². The van der Waals surface area contributed by atoms with Crippen LogP contribution < -0.4 is 0 Å². The summed E-state index contributed by atoms with van der Waals surface area (Å²) in [4.78, 5) is 7.56. The van der Waals surface area contributed by atoms with E-state index in [1.54, 1.807) is 0 Å². The number of oxazole rings is 1. The predicted octanol–water partition coefficient (Wildman–Crippen LogP) is 10.3. The molecule has 0 saturated carbocycles. The Kier molecular flexibility index (Phi) is 6.38. The van der Waals surface area contributed by atoms with Crippen molar-refractivity contribution < 1.29 is 4.42 Å². The zero-order valence-electron chi connectivity index (χ0n) is 22.2. The molecule has 0 N–H and O–H groups in total. The summed E-state index contributed by atoms with van der Waals surface area (Å²) in [6.45, 7) is 13.7. The van der Waals surface area contributed by atoms with Crippen molar-refractivity contribution >= 4 is 22.4 Å². The zero-order valence-corrected chi connectivity index (χ0v) is 23.0. The topological polar surface area (TPSA) is 26.0 Å². The van der Waals surface area contributed by atoms with Crippen molar-refractivity contribution in [1.82, 2.24) is 4.98 Å². The van der Waals surface area contributed by atoms with Crippen molar-refractivity contribution in [3.63, 3.8) is 0 Å². The molecule has 3 aromatic carbocycles. The molecule has 36 heavy (non-hydrogen) atoms. The van der Waals surface area contributed by atoms with E-state index in [1.807, 2.05) is 11.3 Å². The number of benzene rings is 3. The average Bonchev–Trinajstić information content (AvgIpc) is 3.52. The number of hydrogen-bond donors (Lipinski definition) is 0. The van der Waals surface area contributed by atoms with Crippen LogP contribution in [-0.2, 0) is 10.8 Å². The van der Waals surface area contributed by atoms with Crippen LogP contribution in [0.4, 0.5) is 0 Å². The van der Waals surface area contributed by atoms with Gasteiger partial charge in [-0.2, -0.15) is 0 Å². The SMILES string of the molecule is CCC(C)(C)c1sc(-c2nc3cccc(C(C)(C)CC)c3o2)c(-c2ccccc2)c1-c1ccccc1. The van der Waals surface area contributed by atoms with Crippen molar-refractivity contribution in [2.75, 3.05) is 0 Å². The lowest BCUT2D eigenvalue weighted by atomic mass is 9.82. The number of para-hydroxylation sites is 1. The zero-order chi connectivity index (χ0) is 25.5. The molecular formula is C33H35NOS. The Morgan fingerprint density at radius 1 is 0.694 bits per heavy atom. The van der Waals surface area contributed by atoms with Gasteiger partial charge in [-0.05, 0) is 40.9 Å². The van der Waals surface area contributed by atoms with Crippen molar-refractivity contribution in [3.8, 4) is 33.0 Å². The Morgan fingerprint density at radius 2 is 1.28 bits per heavy atom. The van der Waals surface area contributed by atoms with Gasteiger partial charge in [0.1, 0.15) is 5.52 Å². The largest absolute Gasteiger partial charge is 0.435 e. The number of fused-ring (bicyclic) bond motifs is 1. The molecule has 0 radical (unpaired) electrons. The fourth-order valence-corrected chi connectivity index (χ4v) is 6.19. The van der Waals surface area contributed by atoms with Gasteiger partial charge in [0.2, 0.25) is 5.89 Å². The van der Waals surface area contributed by atoms with Crippen LogP contribution in [0.1, 0.15) is 64.8 Å². The van der Waals surface area contributed by atoms with Crippen molar-refractivity contribution in [1.29, 1.82) is 0 Å². The maximum absolute atomic E-state index is 6.69. The molecule has 0 aliphatic carbocycles. The van der Waals surface area contributed by atoms with Gasteiger partial charge < -0.3 is 4.42 Å². The summed E-state index contributed by atoms with van der Waals surface area (Å²) in [7, 11) is 0. The van der Waals surface area contributed by atoms with Crippen LogP contribution in [0.5, 0.6) is 0 Å². The highest BCUT2D eigenvalue weighted by molar-refractivity contribution is 7.16. The first kappa shape index (κ1) is 24.5. The van der Waals surface area contributed by atoms with Crippen LogP contribution in [0.25, 0.3) is 44.1 Å². The minimum Gasteiger partial charge on any atom is -0.435 e. The Morgan fingerprint density at radius 3 is 1.86 bits per heavy atom. The number of hydrogen-bond acceptors (Lipinski definition) is 3. The fourth-order valence-electron chi connectivity index (χ4n) is 4.75. The highest BCUT2D eigenvalue weighted by Gasteiger charge is 2.32. The molecule has 0 aliphatic rings. The van der Waals surface area contributed by atoms with E-state index in [4.69, 9.17) is 9.40 Å². The van der Waals surface area contributed by atoms with Crippen LogP contribution in [0, 0.1) is 0 Å². The van der Waals surface area contributed by atoms with Gasteiger partial charge in [0.25, 0.3) is 0 Å². The Labute approximate surface area is 219 Å². The minimum absolute atomic E-state index is 0.0125. The molecule has 2 nitrogen and oxygen atoms in total. The molecule has 0 amide bonds. The summed E-state index contributed by atoms with van der Waals surface area (Å²) < 4.78 is 6.69. The van der Waals surface area contributed by atoms with Gasteiger partial charge in [0.05, 0.1) is 4.88 Å². The lowest BCUT2D eigenvalue weighted by Crippen LogP contribution is -2.15. The summed E-state index contributed by atoms with van der Waals surface area (Å²) in [5.74, 6) is 0.712. The van der Waals surface area contributed by atoms with Crippen LogP contribution in [0.15, 0.2) is 83.3 Å². The quantitative estimate of drug-likeness (QED) is 0.225.